The van der Waals surface area contributed by atoms with Crippen LogP contribution in [0.3, 0.4) is 0 Å². The maximum atomic E-state index is 14.4. The summed E-state index contributed by atoms with van der Waals surface area (Å²) in [6.45, 7) is 6.50. The number of Topliss-reactive ketones (excluding diaryl/α,β-unsaturated/α-hetero) is 1. The molecule has 1 spiro atoms. The standard InChI is InChI=1S/C32H32N2O2/c1-31(2,3)29-32(30(36)34(33-29)22-24-15-9-5-10-16-24)27(20-19-23-13-7-4-8-14-23)26(21-28(32)35)25-17-11-6-12-18-25/h4-20,26-27H,21-22H2,1-3H3/b20-19+. The van der Waals surface area contributed by atoms with E-state index in [0.717, 1.165) is 16.7 Å². The van der Waals surface area contributed by atoms with Gasteiger partial charge in [-0.25, -0.2) is 5.01 Å². The number of rotatable bonds is 5. The molecule has 1 fully saturated rings. The summed E-state index contributed by atoms with van der Waals surface area (Å²) in [6, 6.07) is 30.0. The average Bonchev–Trinajstić information content (AvgIpc) is 3.34. The van der Waals surface area contributed by atoms with Crippen LogP contribution in [-0.4, -0.2) is 22.4 Å². The summed E-state index contributed by atoms with van der Waals surface area (Å²) in [5, 5.41) is 6.43. The first-order valence-corrected chi connectivity index (χ1v) is 12.6. The second-order valence-corrected chi connectivity index (χ2v) is 10.8. The van der Waals surface area contributed by atoms with Crippen LogP contribution < -0.4 is 0 Å². The van der Waals surface area contributed by atoms with E-state index in [1.165, 1.54) is 5.01 Å². The molecule has 0 saturated heterocycles. The predicted molar refractivity (Wildman–Crippen MR) is 144 cm³/mol. The number of hydrogen-bond donors (Lipinski definition) is 0. The molecule has 1 aliphatic carbocycles. The zero-order valence-electron chi connectivity index (χ0n) is 21.1. The lowest BCUT2D eigenvalue weighted by Crippen LogP contribution is -2.51. The smallest absolute Gasteiger partial charge is 0.263 e. The SMILES string of the molecule is CC(C)(C)C1=NN(Cc2ccccc2)C(=O)C12C(=O)CC(c1ccccc1)C2/C=C/c1ccccc1. The van der Waals surface area contributed by atoms with Crippen LogP contribution in [-0.2, 0) is 16.1 Å². The highest BCUT2D eigenvalue weighted by Gasteiger charge is 2.67. The molecule has 0 aromatic heterocycles. The van der Waals surface area contributed by atoms with E-state index < -0.39 is 10.8 Å². The van der Waals surface area contributed by atoms with Crippen molar-refractivity contribution in [2.24, 2.45) is 21.8 Å². The second-order valence-electron chi connectivity index (χ2n) is 10.8. The number of allylic oxidation sites excluding steroid dienone is 1. The van der Waals surface area contributed by atoms with E-state index in [9.17, 15) is 9.59 Å². The lowest BCUT2D eigenvalue weighted by atomic mass is 9.63. The van der Waals surface area contributed by atoms with Gasteiger partial charge in [-0.05, 0) is 22.6 Å². The Morgan fingerprint density at radius 1 is 0.889 bits per heavy atom. The average molecular weight is 477 g/mol. The lowest BCUT2D eigenvalue weighted by Gasteiger charge is -2.35. The van der Waals surface area contributed by atoms with Gasteiger partial charge in [0.15, 0.2) is 11.2 Å². The van der Waals surface area contributed by atoms with E-state index >= 15 is 0 Å². The van der Waals surface area contributed by atoms with Gasteiger partial charge in [0.05, 0.1) is 12.3 Å². The fraction of sp³-hybridized carbons (Fsp3) is 0.281. The molecule has 2 aliphatic rings. The minimum atomic E-state index is -1.31. The van der Waals surface area contributed by atoms with Crippen molar-refractivity contribution in [3.8, 4) is 0 Å². The highest BCUT2D eigenvalue weighted by molar-refractivity contribution is 6.30. The van der Waals surface area contributed by atoms with Crippen LogP contribution in [0.1, 0.15) is 49.8 Å². The highest BCUT2D eigenvalue weighted by atomic mass is 16.2. The van der Waals surface area contributed by atoms with Crippen LogP contribution >= 0.6 is 0 Å². The van der Waals surface area contributed by atoms with E-state index in [1.54, 1.807) is 0 Å². The Morgan fingerprint density at radius 3 is 2.08 bits per heavy atom. The van der Waals surface area contributed by atoms with Crippen molar-refractivity contribution in [1.82, 2.24) is 5.01 Å². The third-order valence-electron chi connectivity index (χ3n) is 7.35. The summed E-state index contributed by atoms with van der Waals surface area (Å²) in [5.41, 5.74) is 2.01. The number of hydrogen-bond acceptors (Lipinski definition) is 3. The Hall–Kier alpha value is -3.79. The van der Waals surface area contributed by atoms with Gasteiger partial charge in [0.2, 0.25) is 0 Å². The normalized spacial score (nSPS) is 24.2. The van der Waals surface area contributed by atoms with Crippen LogP contribution in [0.25, 0.3) is 6.08 Å². The maximum absolute atomic E-state index is 14.4. The molecule has 0 N–H and O–H groups in total. The van der Waals surface area contributed by atoms with Gasteiger partial charge in [-0.15, -0.1) is 0 Å². The van der Waals surface area contributed by atoms with E-state index in [0.29, 0.717) is 18.7 Å². The molecule has 1 heterocycles. The van der Waals surface area contributed by atoms with Gasteiger partial charge in [0, 0.05) is 17.8 Å². The first kappa shape index (κ1) is 23.9. The largest absolute Gasteiger partial charge is 0.298 e. The Balaban J connectivity index is 1.65. The molecule has 36 heavy (non-hydrogen) atoms. The molecule has 4 nitrogen and oxygen atoms in total. The molecule has 1 amide bonds. The Kier molecular flexibility index (Phi) is 6.21. The van der Waals surface area contributed by atoms with Crippen molar-refractivity contribution in [3.05, 3.63) is 114 Å². The molecular weight excluding hydrogens is 444 g/mol. The third kappa shape index (κ3) is 4.11. The number of nitrogens with zero attached hydrogens (tertiary/aromatic N) is 2. The van der Waals surface area contributed by atoms with Crippen LogP contribution in [0.15, 0.2) is 102 Å². The van der Waals surface area contributed by atoms with Crippen LogP contribution in [0.4, 0.5) is 0 Å². The maximum Gasteiger partial charge on any atom is 0.263 e. The predicted octanol–water partition coefficient (Wildman–Crippen LogP) is 6.50. The van der Waals surface area contributed by atoms with Gasteiger partial charge in [0.25, 0.3) is 5.91 Å². The summed E-state index contributed by atoms with van der Waals surface area (Å²) in [5.74, 6) is -0.679. The van der Waals surface area contributed by atoms with Gasteiger partial charge in [-0.3, -0.25) is 9.59 Å². The minimum absolute atomic E-state index is 0.0340. The molecule has 1 saturated carbocycles. The van der Waals surface area contributed by atoms with Crippen LogP contribution in [0.2, 0.25) is 0 Å². The monoisotopic (exact) mass is 476 g/mol. The van der Waals surface area contributed by atoms with E-state index in [2.05, 4.69) is 18.2 Å². The molecule has 3 aromatic rings. The van der Waals surface area contributed by atoms with E-state index in [1.807, 2.05) is 106 Å². The van der Waals surface area contributed by atoms with Crippen molar-refractivity contribution >= 4 is 23.5 Å². The fourth-order valence-electron chi connectivity index (χ4n) is 5.76. The van der Waals surface area contributed by atoms with Crippen LogP contribution in [0.5, 0.6) is 0 Å². The second kappa shape index (κ2) is 9.34. The van der Waals surface area contributed by atoms with Crippen molar-refractivity contribution in [1.29, 1.82) is 0 Å². The van der Waals surface area contributed by atoms with Gasteiger partial charge < -0.3 is 0 Å². The zero-order chi connectivity index (χ0) is 25.3. The van der Waals surface area contributed by atoms with Gasteiger partial charge in [-0.1, -0.05) is 124 Å². The lowest BCUT2D eigenvalue weighted by molar-refractivity contribution is -0.143. The molecule has 0 radical (unpaired) electrons. The number of ketones is 1. The summed E-state index contributed by atoms with van der Waals surface area (Å²) in [4.78, 5) is 28.5. The van der Waals surface area contributed by atoms with Crippen molar-refractivity contribution < 1.29 is 9.59 Å². The number of benzene rings is 3. The summed E-state index contributed by atoms with van der Waals surface area (Å²) in [6.07, 6.45) is 4.45. The van der Waals surface area contributed by atoms with Crippen molar-refractivity contribution in [2.45, 2.75) is 39.7 Å². The summed E-state index contributed by atoms with van der Waals surface area (Å²) < 4.78 is 0. The molecule has 182 valence electrons. The topological polar surface area (TPSA) is 49.7 Å². The van der Waals surface area contributed by atoms with Crippen LogP contribution in [0, 0.1) is 16.7 Å². The molecular formula is C32H32N2O2. The first-order valence-electron chi connectivity index (χ1n) is 12.6. The number of carbonyl (C=O) groups is 2. The van der Waals surface area contributed by atoms with Crippen molar-refractivity contribution in [3.63, 3.8) is 0 Å². The third-order valence-corrected chi connectivity index (χ3v) is 7.35. The Labute approximate surface area is 213 Å². The highest BCUT2D eigenvalue weighted by Crippen LogP contribution is 2.56. The molecule has 0 bridgehead atoms. The first-order chi connectivity index (χ1) is 17.3. The molecule has 3 unspecified atom stereocenters. The number of amides is 1. The Bertz CT molecular complexity index is 1310. The molecule has 5 rings (SSSR count). The number of hydrazone groups is 1. The summed E-state index contributed by atoms with van der Waals surface area (Å²) in [7, 11) is 0. The molecule has 3 aromatic carbocycles. The quantitative estimate of drug-likeness (QED) is 0.395. The van der Waals surface area contributed by atoms with E-state index in [4.69, 9.17) is 5.10 Å². The van der Waals surface area contributed by atoms with Crippen molar-refractivity contribution in [2.75, 3.05) is 0 Å². The van der Waals surface area contributed by atoms with Gasteiger partial charge in [0.1, 0.15) is 0 Å². The minimum Gasteiger partial charge on any atom is -0.298 e. The molecule has 1 aliphatic heterocycles. The summed E-state index contributed by atoms with van der Waals surface area (Å²) >= 11 is 0. The van der Waals surface area contributed by atoms with Gasteiger partial charge in [-0.2, -0.15) is 5.10 Å². The Morgan fingerprint density at radius 2 is 1.47 bits per heavy atom. The zero-order valence-corrected chi connectivity index (χ0v) is 21.1. The molecule has 3 atom stereocenters. The van der Waals surface area contributed by atoms with Gasteiger partial charge >= 0.3 is 0 Å². The fourth-order valence-corrected chi connectivity index (χ4v) is 5.76. The number of carbonyl (C=O) groups excluding carboxylic acids is 2. The van der Waals surface area contributed by atoms with E-state index in [-0.39, 0.29) is 23.5 Å². The molecule has 4 heteroatoms.